The molecule has 0 heterocycles. The lowest BCUT2D eigenvalue weighted by Crippen LogP contribution is -2.19. The molecule has 0 rings (SSSR count). The second-order valence-electron chi connectivity index (χ2n) is 4.04. The fraction of sp³-hybridized carbons (Fsp3) is 0.583. The van der Waals surface area contributed by atoms with Gasteiger partial charge in [-0.15, -0.1) is 0 Å². The molecule has 80 valence electrons. The van der Waals surface area contributed by atoms with Crippen molar-refractivity contribution >= 4 is 5.71 Å². The average Bonchev–Trinajstić information content (AvgIpc) is 2.13. The number of nitrogens with zero attached hydrogens (tertiary/aromatic N) is 1. The molecule has 0 aliphatic carbocycles. The largest absolute Gasteiger partial charge is 0.384 e. The fourth-order valence-corrected chi connectivity index (χ4v) is 0.975. The van der Waals surface area contributed by atoms with Gasteiger partial charge in [-0.2, -0.15) is 0 Å². The third-order valence-electron chi connectivity index (χ3n) is 2.25. The molecule has 0 radical (unpaired) electrons. The quantitative estimate of drug-likeness (QED) is 0.488. The Kier molecular flexibility index (Phi) is 5.39. The van der Waals surface area contributed by atoms with E-state index < -0.39 is 0 Å². The number of methoxy groups -OCH3 is 1. The van der Waals surface area contributed by atoms with E-state index in [1.165, 1.54) is 0 Å². The van der Waals surface area contributed by atoms with E-state index in [2.05, 4.69) is 25.4 Å². The van der Waals surface area contributed by atoms with Crippen LogP contribution in [0.5, 0.6) is 0 Å². The molecule has 2 heteroatoms. The Bertz CT molecular complexity index is 249. The number of hydrogen-bond donors (Lipinski definition) is 0. The van der Waals surface area contributed by atoms with Crippen molar-refractivity contribution in [3.8, 4) is 0 Å². The molecule has 0 unspecified atom stereocenters. The van der Waals surface area contributed by atoms with Gasteiger partial charge in [0.2, 0.25) is 0 Å². The van der Waals surface area contributed by atoms with Gasteiger partial charge >= 0.3 is 0 Å². The van der Waals surface area contributed by atoms with Crippen LogP contribution in [0.3, 0.4) is 0 Å². The maximum Gasteiger partial charge on any atom is 0.0553 e. The van der Waals surface area contributed by atoms with Crippen molar-refractivity contribution < 1.29 is 4.74 Å². The van der Waals surface area contributed by atoms with E-state index >= 15 is 0 Å². The normalized spacial score (nSPS) is 13.6. The first kappa shape index (κ1) is 13.1. The van der Waals surface area contributed by atoms with Crippen LogP contribution in [0.1, 0.15) is 20.8 Å². The predicted octanol–water partition coefficient (Wildman–Crippen LogP) is 2.86. The Morgan fingerprint density at radius 2 is 2.00 bits per heavy atom. The molecule has 0 aromatic rings. The summed E-state index contributed by atoms with van der Waals surface area (Å²) < 4.78 is 5.14. The second-order valence-corrected chi connectivity index (χ2v) is 4.04. The van der Waals surface area contributed by atoms with Gasteiger partial charge in [-0.3, -0.25) is 4.99 Å². The summed E-state index contributed by atoms with van der Waals surface area (Å²) in [6, 6.07) is 0. The fourth-order valence-electron chi connectivity index (χ4n) is 0.975. The van der Waals surface area contributed by atoms with Crippen molar-refractivity contribution in [3.63, 3.8) is 0 Å². The minimum atomic E-state index is -0.0146. The van der Waals surface area contributed by atoms with E-state index in [0.29, 0.717) is 6.61 Å². The predicted molar refractivity (Wildman–Crippen MR) is 63.0 cm³/mol. The Morgan fingerprint density at radius 1 is 1.43 bits per heavy atom. The number of allylic oxidation sites excluding steroid dienone is 2. The Balaban J connectivity index is 4.41. The molecule has 0 N–H and O–H groups in total. The molecule has 0 atom stereocenters. The molecule has 2 nitrogen and oxygen atoms in total. The maximum absolute atomic E-state index is 5.14. The molecular weight excluding hydrogens is 174 g/mol. The number of hydrogen-bond acceptors (Lipinski definition) is 2. The molecule has 0 aliphatic heterocycles. The molecule has 0 amide bonds. The summed E-state index contributed by atoms with van der Waals surface area (Å²) in [5.41, 5.74) is 2.04. The number of aliphatic imine (C=N–C) groups is 1. The summed E-state index contributed by atoms with van der Waals surface area (Å²) in [6.45, 7) is 10.9. The molecule has 0 saturated carbocycles. The van der Waals surface area contributed by atoms with Crippen LogP contribution in [0.25, 0.3) is 0 Å². The zero-order chi connectivity index (χ0) is 11.2. The van der Waals surface area contributed by atoms with Gasteiger partial charge in [0.05, 0.1) is 6.61 Å². The van der Waals surface area contributed by atoms with Gasteiger partial charge in [0.25, 0.3) is 0 Å². The summed E-state index contributed by atoms with van der Waals surface area (Å²) in [4.78, 5) is 4.05. The van der Waals surface area contributed by atoms with Gasteiger partial charge in [-0.25, -0.2) is 0 Å². The summed E-state index contributed by atoms with van der Waals surface area (Å²) in [7, 11) is 3.49. The topological polar surface area (TPSA) is 21.6 Å². The van der Waals surface area contributed by atoms with Crippen molar-refractivity contribution in [1.82, 2.24) is 0 Å². The lowest BCUT2D eigenvalue weighted by Gasteiger charge is -2.24. The van der Waals surface area contributed by atoms with Crippen molar-refractivity contribution in [3.05, 3.63) is 24.3 Å². The number of ether oxygens (including phenoxy) is 1. The minimum Gasteiger partial charge on any atom is -0.384 e. The van der Waals surface area contributed by atoms with Gasteiger partial charge in [-0.1, -0.05) is 26.5 Å². The van der Waals surface area contributed by atoms with E-state index in [-0.39, 0.29) is 5.41 Å². The highest BCUT2D eigenvalue weighted by molar-refractivity contribution is 5.93. The summed E-state index contributed by atoms with van der Waals surface area (Å²) in [6.07, 6.45) is 3.97. The number of rotatable bonds is 5. The van der Waals surface area contributed by atoms with Crippen LogP contribution >= 0.6 is 0 Å². The lowest BCUT2D eigenvalue weighted by atomic mass is 9.86. The molecule has 0 aliphatic rings. The van der Waals surface area contributed by atoms with E-state index in [9.17, 15) is 0 Å². The van der Waals surface area contributed by atoms with E-state index in [0.717, 1.165) is 11.3 Å². The zero-order valence-corrected chi connectivity index (χ0v) is 9.92. The highest BCUT2D eigenvalue weighted by atomic mass is 16.5. The van der Waals surface area contributed by atoms with Crippen LogP contribution in [0.4, 0.5) is 0 Å². The molecule has 0 aromatic carbocycles. The first-order chi connectivity index (χ1) is 6.44. The Morgan fingerprint density at radius 3 is 2.43 bits per heavy atom. The highest BCUT2D eigenvalue weighted by Gasteiger charge is 2.19. The van der Waals surface area contributed by atoms with Gasteiger partial charge < -0.3 is 4.74 Å². The standard InChI is InChI=1S/C12H21NO/c1-10(7-8-11(2)13-5)12(3,4)9-14-6/h7-8H,1,9H2,2-6H3/b8-7-,13-11?. The average molecular weight is 195 g/mol. The third kappa shape index (κ3) is 4.38. The minimum absolute atomic E-state index is 0.0146. The lowest BCUT2D eigenvalue weighted by molar-refractivity contribution is 0.128. The van der Waals surface area contributed by atoms with Gasteiger partial charge in [0, 0.05) is 25.3 Å². The zero-order valence-electron chi connectivity index (χ0n) is 9.92. The van der Waals surface area contributed by atoms with Crippen LogP contribution in [0, 0.1) is 5.41 Å². The third-order valence-corrected chi connectivity index (χ3v) is 2.25. The van der Waals surface area contributed by atoms with Crippen molar-refractivity contribution in [2.45, 2.75) is 20.8 Å². The smallest absolute Gasteiger partial charge is 0.0553 e. The Hall–Kier alpha value is -0.890. The monoisotopic (exact) mass is 195 g/mol. The van der Waals surface area contributed by atoms with E-state index in [4.69, 9.17) is 4.74 Å². The van der Waals surface area contributed by atoms with Crippen molar-refractivity contribution in [1.29, 1.82) is 0 Å². The van der Waals surface area contributed by atoms with Crippen LogP contribution in [0.15, 0.2) is 29.3 Å². The van der Waals surface area contributed by atoms with E-state index in [1.807, 2.05) is 19.1 Å². The first-order valence-electron chi connectivity index (χ1n) is 4.74. The molecule has 0 aromatic heterocycles. The van der Waals surface area contributed by atoms with Gasteiger partial charge in [-0.05, 0) is 18.6 Å². The van der Waals surface area contributed by atoms with Crippen molar-refractivity contribution in [2.75, 3.05) is 20.8 Å². The Labute approximate surface area is 87.4 Å². The summed E-state index contributed by atoms with van der Waals surface area (Å²) >= 11 is 0. The highest BCUT2D eigenvalue weighted by Crippen LogP contribution is 2.25. The molecule has 0 spiro atoms. The van der Waals surface area contributed by atoms with Gasteiger partial charge in [0.1, 0.15) is 0 Å². The molecular formula is C12H21NO. The van der Waals surface area contributed by atoms with Crippen LogP contribution in [-0.4, -0.2) is 26.5 Å². The summed E-state index contributed by atoms with van der Waals surface area (Å²) in [5.74, 6) is 0. The van der Waals surface area contributed by atoms with Crippen LogP contribution < -0.4 is 0 Å². The maximum atomic E-state index is 5.14. The second kappa shape index (κ2) is 5.76. The molecule has 0 saturated heterocycles. The van der Waals surface area contributed by atoms with Crippen LogP contribution in [0.2, 0.25) is 0 Å². The van der Waals surface area contributed by atoms with Gasteiger partial charge in [0.15, 0.2) is 0 Å². The van der Waals surface area contributed by atoms with Crippen LogP contribution in [-0.2, 0) is 4.74 Å². The molecule has 0 fully saturated rings. The first-order valence-corrected chi connectivity index (χ1v) is 4.74. The molecule has 14 heavy (non-hydrogen) atoms. The summed E-state index contributed by atoms with van der Waals surface area (Å²) in [5, 5.41) is 0. The van der Waals surface area contributed by atoms with Crippen molar-refractivity contribution in [2.24, 2.45) is 10.4 Å². The van der Waals surface area contributed by atoms with E-state index in [1.54, 1.807) is 14.2 Å². The SMILES string of the molecule is C=C(/C=C\C(C)=NC)C(C)(C)COC. The molecule has 0 bridgehead atoms.